The van der Waals surface area contributed by atoms with Gasteiger partial charge in [-0.2, -0.15) is 0 Å². The number of hydrogen-bond acceptors (Lipinski definition) is 4. The summed E-state index contributed by atoms with van der Waals surface area (Å²) in [6.45, 7) is 2.71. The largest absolute Gasteiger partial charge is 0.494 e. The molecule has 7 heteroatoms. The first-order valence-corrected chi connectivity index (χ1v) is 8.74. The van der Waals surface area contributed by atoms with Gasteiger partial charge in [0, 0.05) is 18.7 Å². The van der Waals surface area contributed by atoms with Crippen LogP contribution in [0.2, 0.25) is 0 Å². The number of rotatable bonds is 6. The maximum Gasteiger partial charge on any atom is 0.262 e. The minimum absolute atomic E-state index is 0.142. The molecular weight excluding hydrogens is 350 g/mol. The predicted molar refractivity (Wildman–Crippen MR) is 104 cm³/mol. The third-order valence-electron chi connectivity index (χ3n) is 3.90. The molecule has 0 saturated carbocycles. The number of anilines is 1. The number of carbonyl (C=O) groups is 1. The van der Waals surface area contributed by atoms with Crippen molar-refractivity contribution in [2.24, 2.45) is 0 Å². The summed E-state index contributed by atoms with van der Waals surface area (Å²) in [6, 6.07) is 14.3. The Morgan fingerprint density at radius 1 is 1.19 bits per heavy atom. The second-order valence-electron chi connectivity index (χ2n) is 5.69. The number of para-hydroxylation sites is 1. The van der Waals surface area contributed by atoms with Crippen LogP contribution in [-0.2, 0) is 11.3 Å². The van der Waals surface area contributed by atoms with E-state index in [4.69, 9.17) is 17.0 Å². The van der Waals surface area contributed by atoms with Crippen LogP contribution >= 0.6 is 12.2 Å². The van der Waals surface area contributed by atoms with E-state index in [-0.39, 0.29) is 24.4 Å². The highest BCUT2D eigenvalue weighted by atomic mass is 32.1. The number of fused-ring (bicyclic) bond motifs is 1. The molecule has 3 aromatic rings. The summed E-state index contributed by atoms with van der Waals surface area (Å²) in [6.07, 6.45) is 0.142. The van der Waals surface area contributed by atoms with Crippen molar-refractivity contribution in [3.63, 3.8) is 0 Å². The van der Waals surface area contributed by atoms with Crippen molar-refractivity contribution in [1.29, 1.82) is 0 Å². The number of amides is 1. The summed E-state index contributed by atoms with van der Waals surface area (Å²) < 4.78 is 7.09. The summed E-state index contributed by atoms with van der Waals surface area (Å²) in [4.78, 5) is 27.8. The minimum atomic E-state index is -0.196. The average molecular weight is 369 g/mol. The fourth-order valence-electron chi connectivity index (χ4n) is 2.64. The molecule has 6 nitrogen and oxygen atoms in total. The smallest absolute Gasteiger partial charge is 0.262 e. The number of hydrogen-bond donors (Lipinski definition) is 2. The fraction of sp³-hybridized carbons (Fsp3) is 0.211. The quantitative estimate of drug-likeness (QED) is 0.652. The van der Waals surface area contributed by atoms with E-state index in [9.17, 15) is 9.59 Å². The molecule has 0 fully saturated rings. The zero-order valence-corrected chi connectivity index (χ0v) is 15.1. The number of ether oxygens (including phenoxy) is 1. The number of nitrogens with zero attached hydrogens (tertiary/aromatic N) is 1. The third-order valence-corrected chi connectivity index (χ3v) is 4.22. The Kier molecular flexibility index (Phi) is 5.48. The first-order chi connectivity index (χ1) is 12.6. The molecular formula is C19H19N3O3S. The van der Waals surface area contributed by atoms with E-state index in [0.29, 0.717) is 28.0 Å². The van der Waals surface area contributed by atoms with Crippen molar-refractivity contribution < 1.29 is 9.53 Å². The molecule has 0 spiro atoms. The summed E-state index contributed by atoms with van der Waals surface area (Å²) in [5.74, 6) is 0.558. The van der Waals surface area contributed by atoms with E-state index in [2.05, 4.69) is 10.3 Å². The highest BCUT2D eigenvalue weighted by molar-refractivity contribution is 7.71. The summed E-state index contributed by atoms with van der Waals surface area (Å²) in [5.41, 5.74) is 1.17. The first-order valence-electron chi connectivity index (χ1n) is 8.33. The van der Waals surface area contributed by atoms with Crippen LogP contribution in [0.25, 0.3) is 10.9 Å². The second-order valence-corrected chi connectivity index (χ2v) is 6.07. The van der Waals surface area contributed by atoms with Crippen LogP contribution in [0.1, 0.15) is 13.3 Å². The molecule has 1 heterocycles. The minimum Gasteiger partial charge on any atom is -0.494 e. The molecule has 0 radical (unpaired) electrons. The fourth-order valence-corrected chi connectivity index (χ4v) is 2.92. The maximum atomic E-state index is 12.5. The van der Waals surface area contributed by atoms with E-state index in [1.807, 2.05) is 13.0 Å². The number of nitrogens with one attached hydrogen (secondary N) is 2. The van der Waals surface area contributed by atoms with E-state index in [1.165, 1.54) is 4.57 Å². The number of carbonyl (C=O) groups excluding carboxylic acids is 1. The van der Waals surface area contributed by atoms with Gasteiger partial charge in [-0.25, -0.2) is 0 Å². The predicted octanol–water partition coefficient (Wildman–Crippen LogP) is 3.49. The van der Waals surface area contributed by atoms with Crippen LogP contribution in [0.4, 0.5) is 5.69 Å². The monoisotopic (exact) mass is 369 g/mol. The molecule has 0 bridgehead atoms. The van der Waals surface area contributed by atoms with Crippen LogP contribution < -0.4 is 15.6 Å². The Balaban J connectivity index is 1.69. The van der Waals surface area contributed by atoms with Gasteiger partial charge in [-0.3, -0.25) is 14.2 Å². The van der Waals surface area contributed by atoms with Gasteiger partial charge >= 0.3 is 0 Å². The van der Waals surface area contributed by atoms with Crippen molar-refractivity contribution in [2.75, 3.05) is 11.9 Å². The summed E-state index contributed by atoms with van der Waals surface area (Å²) >= 11 is 5.25. The lowest BCUT2D eigenvalue weighted by atomic mass is 10.2. The van der Waals surface area contributed by atoms with Gasteiger partial charge in [-0.15, -0.1) is 0 Å². The third kappa shape index (κ3) is 4.00. The van der Waals surface area contributed by atoms with Crippen LogP contribution in [0, 0.1) is 4.77 Å². The van der Waals surface area contributed by atoms with Gasteiger partial charge in [0.25, 0.3) is 5.56 Å². The molecule has 1 aromatic heterocycles. The van der Waals surface area contributed by atoms with E-state index in [1.54, 1.807) is 42.5 Å². The standard InChI is InChI=1S/C19H19N3O3S/c1-2-25-14-9-7-13(8-10-14)20-17(23)11-12-22-18(24)15-5-3-4-6-16(15)21-19(22)26/h3-10H,2,11-12H2,1H3,(H,20,23)(H,21,26). The van der Waals surface area contributed by atoms with Gasteiger partial charge in [-0.1, -0.05) is 12.1 Å². The highest BCUT2D eigenvalue weighted by Gasteiger charge is 2.08. The normalized spacial score (nSPS) is 10.7. The molecule has 134 valence electrons. The number of aromatic nitrogens is 2. The second kappa shape index (κ2) is 7.97. The maximum absolute atomic E-state index is 12.5. The first kappa shape index (κ1) is 17.9. The Morgan fingerprint density at radius 2 is 1.92 bits per heavy atom. The van der Waals surface area contributed by atoms with Gasteiger partial charge in [0.05, 0.1) is 17.5 Å². The molecule has 0 aliphatic carbocycles. The molecule has 26 heavy (non-hydrogen) atoms. The van der Waals surface area contributed by atoms with Gasteiger partial charge in [0.2, 0.25) is 5.91 Å². The average Bonchev–Trinajstić information content (AvgIpc) is 2.63. The zero-order chi connectivity index (χ0) is 18.5. The molecule has 0 unspecified atom stereocenters. The Bertz CT molecular complexity index is 1040. The van der Waals surface area contributed by atoms with Gasteiger partial charge in [0.15, 0.2) is 4.77 Å². The van der Waals surface area contributed by atoms with Crippen LogP contribution in [0.15, 0.2) is 53.3 Å². The number of H-pyrrole nitrogens is 1. The topological polar surface area (TPSA) is 76.1 Å². The highest BCUT2D eigenvalue weighted by Crippen LogP contribution is 2.15. The summed E-state index contributed by atoms with van der Waals surface area (Å²) in [5, 5.41) is 3.35. The lowest BCUT2D eigenvalue weighted by Crippen LogP contribution is -2.25. The van der Waals surface area contributed by atoms with Crippen LogP contribution in [0.5, 0.6) is 5.75 Å². The van der Waals surface area contributed by atoms with Crippen LogP contribution in [0.3, 0.4) is 0 Å². The molecule has 0 atom stereocenters. The number of aromatic amines is 1. The van der Waals surface area contributed by atoms with Gasteiger partial charge in [-0.05, 0) is 55.5 Å². The lowest BCUT2D eigenvalue weighted by molar-refractivity contribution is -0.116. The van der Waals surface area contributed by atoms with Crippen molar-refractivity contribution in [3.05, 3.63) is 63.7 Å². The zero-order valence-electron chi connectivity index (χ0n) is 14.3. The lowest BCUT2D eigenvalue weighted by Gasteiger charge is -2.09. The van der Waals surface area contributed by atoms with E-state index >= 15 is 0 Å². The molecule has 3 rings (SSSR count). The van der Waals surface area contributed by atoms with E-state index in [0.717, 1.165) is 5.75 Å². The molecule has 2 N–H and O–H groups in total. The van der Waals surface area contributed by atoms with Crippen molar-refractivity contribution in [2.45, 2.75) is 19.9 Å². The Morgan fingerprint density at radius 3 is 2.65 bits per heavy atom. The summed E-state index contributed by atoms with van der Waals surface area (Å²) in [7, 11) is 0. The van der Waals surface area contributed by atoms with Gasteiger partial charge < -0.3 is 15.0 Å². The Labute approximate surface area is 155 Å². The molecule has 2 aromatic carbocycles. The Hall–Kier alpha value is -2.93. The molecule has 0 aliphatic heterocycles. The molecule has 0 aliphatic rings. The molecule has 1 amide bonds. The van der Waals surface area contributed by atoms with Gasteiger partial charge in [0.1, 0.15) is 5.75 Å². The van der Waals surface area contributed by atoms with Crippen molar-refractivity contribution in [1.82, 2.24) is 9.55 Å². The van der Waals surface area contributed by atoms with Crippen molar-refractivity contribution in [3.8, 4) is 5.75 Å². The van der Waals surface area contributed by atoms with E-state index < -0.39 is 0 Å². The van der Waals surface area contributed by atoms with Crippen LogP contribution in [-0.4, -0.2) is 22.1 Å². The molecule has 0 saturated heterocycles. The number of benzene rings is 2. The van der Waals surface area contributed by atoms with Crippen molar-refractivity contribution >= 4 is 34.7 Å². The SMILES string of the molecule is CCOc1ccc(NC(=O)CCn2c(=S)[nH]c3ccccc3c2=O)cc1.